The molecule has 0 saturated carbocycles. The molecule has 0 spiro atoms. The van der Waals surface area contributed by atoms with Gasteiger partial charge < -0.3 is 10.1 Å². The maximum atomic E-state index is 5.65. The molecule has 0 aliphatic carbocycles. The summed E-state index contributed by atoms with van der Waals surface area (Å²) in [6.45, 7) is 3.00. The fourth-order valence-corrected chi connectivity index (χ4v) is 1.87. The highest BCUT2D eigenvalue weighted by molar-refractivity contribution is 9.10. The zero-order valence-electron chi connectivity index (χ0n) is 10.0. The van der Waals surface area contributed by atoms with Crippen molar-refractivity contribution in [2.75, 3.05) is 13.7 Å². The third-order valence-electron chi connectivity index (χ3n) is 2.68. The summed E-state index contributed by atoms with van der Waals surface area (Å²) in [5, 5.41) is 3.30. The lowest BCUT2D eigenvalue weighted by molar-refractivity contribution is 0.296. The van der Waals surface area contributed by atoms with Crippen molar-refractivity contribution in [2.45, 2.75) is 32.2 Å². The summed E-state index contributed by atoms with van der Waals surface area (Å²) < 4.78 is 6.74. The lowest BCUT2D eigenvalue weighted by atomic mass is 10.1. The van der Waals surface area contributed by atoms with Crippen molar-refractivity contribution in [1.82, 2.24) is 5.32 Å². The minimum Gasteiger partial charge on any atom is -0.494 e. The second-order valence-corrected chi connectivity index (χ2v) is 4.75. The van der Waals surface area contributed by atoms with Crippen LogP contribution in [-0.2, 0) is 0 Å². The molecule has 1 N–H and O–H groups in total. The lowest BCUT2D eigenvalue weighted by Gasteiger charge is -2.13. The van der Waals surface area contributed by atoms with E-state index < -0.39 is 0 Å². The molecule has 0 heterocycles. The third-order valence-corrected chi connectivity index (χ3v) is 3.21. The van der Waals surface area contributed by atoms with Crippen molar-refractivity contribution in [3.05, 3.63) is 28.7 Å². The number of hydrogen-bond donors (Lipinski definition) is 1. The first-order chi connectivity index (χ1) is 7.76. The van der Waals surface area contributed by atoms with E-state index in [9.17, 15) is 0 Å². The molecular weight excluding hydrogens is 266 g/mol. The first-order valence-electron chi connectivity index (χ1n) is 5.82. The normalized spacial score (nSPS) is 12.4. The van der Waals surface area contributed by atoms with E-state index in [-0.39, 0.29) is 0 Å². The van der Waals surface area contributed by atoms with Crippen LogP contribution < -0.4 is 10.1 Å². The second-order valence-electron chi connectivity index (χ2n) is 3.84. The average molecular weight is 286 g/mol. The number of rotatable bonds is 7. The molecule has 0 fully saturated rings. The van der Waals surface area contributed by atoms with Gasteiger partial charge in [-0.15, -0.1) is 0 Å². The molecule has 0 radical (unpaired) electrons. The SMILES string of the molecule is CCC(CCCOc1ccc(Br)cc1)NC. The first kappa shape index (κ1) is 13.5. The van der Waals surface area contributed by atoms with Crippen molar-refractivity contribution < 1.29 is 4.74 Å². The highest BCUT2D eigenvalue weighted by atomic mass is 79.9. The van der Waals surface area contributed by atoms with E-state index in [1.54, 1.807) is 0 Å². The largest absolute Gasteiger partial charge is 0.494 e. The van der Waals surface area contributed by atoms with E-state index in [1.165, 1.54) is 12.8 Å². The van der Waals surface area contributed by atoms with Gasteiger partial charge in [-0.3, -0.25) is 0 Å². The summed E-state index contributed by atoms with van der Waals surface area (Å²) in [4.78, 5) is 0. The number of nitrogens with one attached hydrogen (secondary N) is 1. The van der Waals surface area contributed by atoms with Crippen LogP contribution in [0.2, 0.25) is 0 Å². The predicted octanol–water partition coefficient (Wildman–Crippen LogP) is 3.61. The van der Waals surface area contributed by atoms with Gasteiger partial charge in [-0.05, 0) is 50.6 Å². The number of ether oxygens (including phenoxy) is 1. The van der Waals surface area contributed by atoms with Gasteiger partial charge in [0.1, 0.15) is 5.75 Å². The van der Waals surface area contributed by atoms with Gasteiger partial charge in [-0.25, -0.2) is 0 Å². The monoisotopic (exact) mass is 285 g/mol. The van der Waals surface area contributed by atoms with E-state index in [0.717, 1.165) is 23.2 Å². The summed E-state index contributed by atoms with van der Waals surface area (Å²) in [5.41, 5.74) is 0. The van der Waals surface area contributed by atoms with Crippen molar-refractivity contribution in [2.24, 2.45) is 0 Å². The Balaban J connectivity index is 2.18. The zero-order chi connectivity index (χ0) is 11.8. The average Bonchev–Trinajstić information content (AvgIpc) is 2.32. The van der Waals surface area contributed by atoms with Crippen LogP contribution in [-0.4, -0.2) is 19.7 Å². The highest BCUT2D eigenvalue weighted by Gasteiger charge is 2.02. The van der Waals surface area contributed by atoms with E-state index in [4.69, 9.17) is 4.74 Å². The predicted molar refractivity (Wildman–Crippen MR) is 72.0 cm³/mol. The minimum atomic E-state index is 0.619. The number of benzene rings is 1. The van der Waals surface area contributed by atoms with E-state index in [2.05, 4.69) is 28.2 Å². The first-order valence-corrected chi connectivity index (χ1v) is 6.61. The standard InChI is InChI=1S/C13H20BrNO/c1-3-12(15-2)5-4-10-16-13-8-6-11(14)7-9-13/h6-9,12,15H,3-5,10H2,1-2H3. The molecule has 1 unspecified atom stereocenters. The molecule has 0 saturated heterocycles. The molecule has 16 heavy (non-hydrogen) atoms. The molecule has 0 aliphatic heterocycles. The Labute approximate surface area is 107 Å². The molecule has 2 nitrogen and oxygen atoms in total. The van der Waals surface area contributed by atoms with Gasteiger partial charge >= 0.3 is 0 Å². The fraction of sp³-hybridized carbons (Fsp3) is 0.538. The smallest absolute Gasteiger partial charge is 0.119 e. The van der Waals surface area contributed by atoms with Gasteiger partial charge in [0.2, 0.25) is 0 Å². The van der Waals surface area contributed by atoms with Gasteiger partial charge in [0, 0.05) is 10.5 Å². The van der Waals surface area contributed by atoms with Crippen molar-refractivity contribution in [1.29, 1.82) is 0 Å². The van der Waals surface area contributed by atoms with Crippen LogP contribution in [0.3, 0.4) is 0 Å². The lowest BCUT2D eigenvalue weighted by Crippen LogP contribution is -2.24. The summed E-state index contributed by atoms with van der Waals surface area (Å²) in [6, 6.07) is 8.59. The topological polar surface area (TPSA) is 21.3 Å². The van der Waals surface area contributed by atoms with Gasteiger partial charge in [0.25, 0.3) is 0 Å². The Morgan fingerprint density at radius 3 is 2.56 bits per heavy atom. The number of halogens is 1. The maximum absolute atomic E-state index is 5.65. The molecule has 0 aliphatic rings. The van der Waals surface area contributed by atoms with Crippen molar-refractivity contribution in [3.8, 4) is 5.75 Å². The second kappa shape index (κ2) is 7.69. The zero-order valence-corrected chi connectivity index (χ0v) is 11.6. The van der Waals surface area contributed by atoms with E-state index >= 15 is 0 Å². The summed E-state index contributed by atoms with van der Waals surface area (Å²) >= 11 is 3.40. The molecule has 0 bridgehead atoms. The molecule has 0 aromatic heterocycles. The molecule has 0 amide bonds. The molecule has 3 heteroatoms. The minimum absolute atomic E-state index is 0.619. The quantitative estimate of drug-likeness (QED) is 0.773. The fourth-order valence-electron chi connectivity index (χ4n) is 1.60. The van der Waals surface area contributed by atoms with Gasteiger partial charge in [0.05, 0.1) is 6.61 Å². The Bertz CT molecular complexity index is 282. The summed E-state index contributed by atoms with van der Waals surface area (Å²) in [7, 11) is 2.02. The van der Waals surface area contributed by atoms with Crippen LogP contribution in [0.5, 0.6) is 5.75 Å². The third kappa shape index (κ3) is 4.99. The van der Waals surface area contributed by atoms with Crippen molar-refractivity contribution in [3.63, 3.8) is 0 Å². The van der Waals surface area contributed by atoms with Crippen LogP contribution in [0.1, 0.15) is 26.2 Å². The maximum Gasteiger partial charge on any atom is 0.119 e. The molecule has 1 rings (SSSR count). The Morgan fingerprint density at radius 2 is 2.00 bits per heavy atom. The van der Waals surface area contributed by atoms with Crippen LogP contribution in [0, 0.1) is 0 Å². The van der Waals surface area contributed by atoms with Gasteiger partial charge in [-0.2, -0.15) is 0 Å². The molecule has 1 aromatic carbocycles. The Hall–Kier alpha value is -0.540. The van der Waals surface area contributed by atoms with E-state index in [0.29, 0.717) is 6.04 Å². The molecule has 90 valence electrons. The van der Waals surface area contributed by atoms with Gasteiger partial charge in [-0.1, -0.05) is 22.9 Å². The van der Waals surface area contributed by atoms with Gasteiger partial charge in [0.15, 0.2) is 0 Å². The summed E-state index contributed by atoms with van der Waals surface area (Å²) in [5.74, 6) is 0.945. The highest BCUT2D eigenvalue weighted by Crippen LogP contribution is 2.16. The number of hydrogen-bond acceptors (Lipinski definition) is 2. The molecular formula is C13H20BrNO. The molecule has 1 aromatic rings. The Kier molecular flexibility index (Phi) is 6.50. The van der Waals surface area contributed by atoms with Crippen LogP contribution in [0.25, 0.3) is 0 Å². The Morgan fingerprint density at radius 1 is 1.31 bits per heavy atom. The van der Waals surface area contributed by atoms with Crippen LogP contribution >= 0.6 is 15.9 Å². The molecule has 1 atom stereocenters. The van der Waals surface area contributed by atoms with Crippen LogP contribution in [0.15, 0.2) is 28.7 Å². The van der Waals surface area contributed by atoms with E-state index in [1.807, 2.05) is 31.3 Å². The summed E-state index contributed by atoms with van der Waals surface area (Å²) in [6.07, 6.45) is 3.44. The van der Waals surface area contributed by atoms with Crippen LogP contribution in [0.4, 0.5) is 0 Å². The van der Waals surface area contributed by atoms with Crippen molar-refractivity contribution >= 4 is 15.9 Å².